The summed E-state index contributed by atoms with van der Waals surface area (Å²) >= 11 is 0. The molecule has 140 valence electrons. The third-order valence-corrected chi connectivity index (χ3v) is 5.01. The zero-order chi connectivity index (χ0) is 18.7. The highest BCUT2D eigenvalue weighted by molar-refractivity contribution is 5.80. The van der Waals surface area contributed by atoms with Crippen molar-refractivity contribution in [3.05, 3.63) is 40.8 Å². The van der Waals surface area contributed by atoms with Gasteiger partial charge in [-0.25, -0.2) is 0 Å². The first-order chi connectivity index (χ1) is 12.6. The van der Waals surface area contributed by atoms with Crippen molar-refractivity contribution in [3.63, 3.8) is 0 Å². The largest absolute Gasteiger partial charge is 0.493 e. The van der Waals surface area contributed by atoms with Crippen molar-refractivity contribution in [2.75, 3.05) is 20.8 Å². The van der Waals surface area contributed by atoms with Crippen molar-refractivity contribution in [2.45, 2.75) is 45.6 Å². The fourth-order valence-corrected chi connectivity index (χ4v) is 3.74. The van der Waals surface area contributed by atoms with Crippen molar-refractivity contribution in [1.82, 2.24) is 10.1 Å². The van der Waals surface area contributed by atoms with E-state index in [1.54, 1.807) is 14.2 Å². The van der Waals surface area contributed by atoms with Crippen LogP contribution in [0.15, 0.2) is 22.7 Å². The van der Waals surface area contributed by atoms with E-state index in [0.717, 1.165) is 48.4 Å². The van der Waals surface area contributed by atoms with Gasteiger partial charge in [-0.2, -0.15) is 0 Å². The van der Waals surface area contributed by atoms with E-state index in [1.807, 2.05) is 36.9 Å². The van der Waals surface area contributed by atoms with Crippen LogP contribution < -0.4 is 9.47 Å². The lowest BCUT2D eigenvalue weighted by molar-refractivity contribution is -0.131. The predicted molar refractivity (Wildman–Crippen MR) is 97.6 cm³/mol. The fourth-order valence-electron chi connectivity index (χ4n) is 3.74. The minimum absolute atomic E-state index is 0.0591. The van der Waals surface area contributed by atoms with Gasteiger partial charge in [0.1, 0.15) is 5.76 Å². The third kappa shape index (κ3) is 3.41. The van der Waals surface area contributed by atoms with Crippen LogP contribution in [0.2, 0.25) is 0 Å². The van der Waals surface area contributed by atoms with E-state index in [9.17, 15) is 4.79 Å². The van der Waals surface area contributed by atoms with E-state index in [1.165, 1.54) is 0 Å². The van der Waals surface area contributed by atoms with Gasteiger partial charge in [0.2, 0.25) is 5.91 Å². The molecular weight excluding hydrogens is 332 g/mol. The number of ether oxygens (including phenoxy) is 2. The van der Waals surface area contributed by atoms with Crippen LogP contribution >= 0.6 is 0 Å². The topological polar surface area (TPSA) is 64.8 Å². The quantitative estimate of drug-likeness (QED) is 0.791. The Morgan fingerprint density at radius 1 is 1.31 bits per heavy atom. The highest BCUT2D eigenvalue weighted by Gasteiger charge is 2.34. The molecule has 1 amide bonds. The van der Waals surface area contributed by atoms with Crippen molar-refractivity contribution in [1.29, 1.82) is 0 Å². The number of carbonyl (C=O) groups is 1. The Labute approximate surface area is 154 Å². The van der Waals surface area contributed by atoms with Gasteiger partial charge in [-0.05, 0) is 37.5 Å². The smallest absolute Gasteiger partial charge is 0.227 e. The number of carbonyl (C=O) groups excluding carboxylic acids is 1. The van der Waals surface area contributed by atoms with Crippen molar-refractivity contribution >= 4 is 5.91 Å². The zero-order valence-corrected chi connectivity index (χ0v) is 15.9. The summed E-state index contributed by atoms with van der Waals surface area (Å²) < 4.78 is 16.0. The van der Waals surface area contributed by atoms with Crippen LogP contribution in [0.5, 0.6) is 11.5 Å². The van der Waals surface area contributed by atoms with E-state index in [0.29, 0.717) is 17.9 Å². The average Bonchev–Trinajstić information content (AvgIpc) is 3.27. The number of likely N-dealkylation sites (tertiary alicyclic amines) is 1. The molecule has 1 aromatic carbocycles. The average molecular weight is 358 g/mol. The van der Waals surface area contributed by atoms with Crippen LogP contribution in [0.1, 0.15) is 48.4 Å². The highest BCUT2D eigenvalue weighted by atomic mass is 16.5. The van der Waals surface area contributed by atoms with Crippen LogP contribution in [0.25, 0.3) is 0 Å². The Bertz CT molecular complexity index is 784. The molecule has 2 aromatic rings. The number of amides is 1. The Morgan fingerprint density at radius 3 is 2.77 bits per heavy atom. The number of rotatable bonds is 6. The molecule has 0 spiro atoms. The zero-order valence-electron chi connectivity index (χ0n) is 15.9. The summed E-state index contributed by atoms with van der Waals surface area (Å²) in [5.74, 6) is 2.30. The molecule has 26 heavy (non-hydrogen) atoms. The van der Waals surface area contributed by atoms with Gasteiger partial charge in [0.25, 0.3) is 0 Å². The van der Waals surface area contributed by atoms with Gasteiger partial charge in [-0.1, -0.05) is 18.1 Å². The maximum Gasteiger partial charge on any atom is 0.227 e. The second kappa shape index (κ2) is 7.81. The normalized spacial score (nSPS) is 16.8. The summed E-state index contributed by atoms with van der Waals surface area (Å²) in [6.45, 7) is 4.77. The maximum absolute atomic E-state index is 13.0. The Morgan fingerprint density at radius 2 is 2.08 bits per heavy atom. The van der Waals surface area contributed by atoms with Gasteiger partial charge in [0.15, 0.2) is 11.5 Å². The number of nitrogens with zero attached hydrogens (tertiary/aromatic N) is 2. The monoisotopic (exact) mass is 358 g/mol. The van der Waals surface area contributed by atoms with Crippen LogP contribution in [-0.2, 0) is 17.6 Å². The summed E-state index contributed by atoms with van der Waals surface area (Å²) in [5.41, 5.74) is 2.89. The third-order valence-electron chi connectivity index (χ3n) is 5.01. The highest BCUT2D eigenvalue weighted by Crippen LogP contribution is 2.36. The van der Waals surface area contributed by atoms with Gasteiger partial charge < -0.3 is 18.9 Å². The van der Waals surface area contributed by atoms with Crippen LogP contribution in [0.3, 0.4) is 0 Å². The Hall–Kier alpha value is -2.50. The fraction of sp³-hybridized carbons (Fsp3) is 0.500. The molecule has 1 aliphatic heterocycles. The number of aromatic nitrogens is 1. The second-order valence-electron chi connectivity index (χ2n) is 6.57. The van der Waals surface area contributed by atoms with E-state index in [2.05, 4.69) is 5.16 Å². The summed E-state index contributed by atoms with van der Waals surface area (Å²) in [6, 6.07) is 5.67. The molecule has 0 bridgehead atoms. The molecule has 3 rings (SSSR count). The van der Waals surface area contributed by atoms with Crippen molar-refractivity contribution < 1.29 is 18.8 Å². The molecule has 1 atom stereocenters. The standard InChI is InChI=1S/C20H26N2O4/c1-5-16-20(13(2)21-26-16)15-7-6-10-22(15)19(23)12-14-8-9-17(24-3)18(11-14)25-4/h8-9,11,15H,5-7,10,12H2,1-4H3. The van der Waals surface area contributed by atoms with E-state index in [-0.39, 0.29) is 11.9 Å². The summed E-state index contributed by atoms with van der Waals surface area (Å²) in [4.78, 5) is 15.0. The van der Waals surface area contributed by atoms with Crippen LogP contribution in [0, 0.1) is 6.92 Å². The van der Waals surface area contributed by atoms with Crippen LogP contribution in [0.4, 0.5) is 0 Å². The van der Waals surface area contributed by atoms with Gasteiger partial charge in [-0.15, -0.1) is 0 Å². The molecule has 1 fully saturated rings. The molecule has 1 aliphatic rings. The molecule has 6 nitrogen and oxygen atoms in total. The first kappa shape index (κ1) is 18.3. The number of hydrogen-bond donors (Lipinski definition) is 0. The molecule has 1 aromatic heterocycles. The molecule has 0 aliphatic carbocycles. The first-order valence-electron chi connectivity index (χ1n) is 9.04. The summed E-state index contributed by atoms with van der Waals surface area (Å²) in [5, 5.41) is 4.11. The SMILES string of the molecule is CCc1onc(C)c1C1CCCN1C(=O)Cc1ccc(OC)c(OC)c1. The Balaban J connectivity index is 1.80. The van der Waals surface area contributed by atoms with Gasteiger partial charge in [-0.3, -0.25) is 4.79 Å². The molecule has 6 heteroatoms. The van der Waals surface area contributed by atoms with Crippen molar-refractivity contribution in [2.24, 2.45) is 0 Å². The lowest BCUT2D eigenvalue weighted by Crippen LogP contribution is -2.32. The predicted octanol–water partition coefficient (Wildman–Crippen LogP) is 3.47. The number of aryl methyl sites for hydroxylation is 2. The number of benzene rings is 1. The molecule has 0 saturated carbocycles. The van der Waals surface area contributed by atoms with E-state index < -0.39 is 0 Å². The number of hydrogen-bond acceptors (Lipinski definition) is 5. The molecule has 1 saturated heterocycles. The van der Waals surface area contributed by atoms with Gasteiger partial charge in [0, 0.05) is 18.5 Å². The molecule has 0 radical (unpaired) electrons. The van der Waals surface area contributed by atoms with Crippen molar-refractivity contribution in [3.8, 4) is 11.5 Å². The Kier molecular flexibility index (Phi) is 5.49. The number of methoxy groups -OCH3 is 2. The minimum atomic E-state index is 0.0591. The molecular formula is C20H26N2O4. The molecule has 2 heterocycles. The van der Waals surface area contributed by atoms with E-state index in [4.69, 9.17) is 14.0 Å². The maximum atomic E-state index is 13.0. The van der Waals surface area contributed by atoms with E-state index >= 15 is 0 Å². The van der Waals surface area contributed by atoms with Gasteiger partial charge in [0.05, 0.1) is 32.4 Å². The summed E-state index contributed by atoms with van der Waals surface area (Å²) in [7, 11) is 3.20. The van der Waals surface area contributed by atoms with Crippen LogP contribution in [-0.4, -0.2) is 36.7 Å². The minimum Gasteiger partial charge on any atom is -0.493 e. The molecule has 0 N–H and O–H groups in total. The second-order valence-corrected chi connectivity index (χ2v) is 6.57. The summed E-state index contributed by atoms with van der Waals surface area (Å²) in [6.07, 6.45) is 3.07. The van der Waals surface area contributed by atoms with Gasteiger partial charge >= 0.3 is 0 Å². The first-order valence-corrected chi connectivity index (χ1v) is 9.04. The molecule has 1 unspecified atom stereocenters. The lowest BCUT2D eigenvalue weighted by Gasteiger charge is -2.25. The lowest BCUT2D eigenvalue weighted by atomic mass is 10.0.